The molecular formula is C11H16N2S. The third kappa shape index (κ3) is 2.79. The molecule has 0 unspecified atom stereocenters. The summed E-state index contributed by atoms with van der Waals surface area (Å²) in [7, 11) is 0. The lowest BCUT2D eigenvalue weighted by Crippen LogP contribution is -2.05. The van der Waals surface area contributed by atoms with Crippen molar-refractivity contribution in [3.05, 3.63) is 42.1 Å². The number of hydrogen-bond acceptors (Lipinski definition) is 3. The monoisotopic (exact) mass is 208 g/mol. The normalized spacial score (nSPS) is 9.86. The van der Waals surface area contributed by atoms with Crippen LogP contribution in [0, 0.1) is 0 Å². The molecule has 0 aliphatic carbocycles. The van der Waals surface area contributed by atoms with Crippen LogP contribution in [0.1, 0.15) is 11.1 Å². The Labute approximate surface area is 90.6 Å². The van der Waals surface area contributed by atoms with Gasteiger partial charge in [-0.15, -0.1) is 0 Å². The number of hydrogen-bond donors (Lipinski definition) is 3. The first-order chi connectivity index (χ1) is 6.81. The lowest BCUT2D eigenvalue weighted by molar-refractivity contribution is 0.968. The van der Waals surface area contributed by atoms with E-state index in [-0.39, 0.29) is 0 Å². The van der Waals surface area contributed by atoms with E-state index >= 15 is 0 Å². The minimum atomic E-state index is 0.655. The largest absolute Gasteiger partial charge is 0.362 e. The van der Waals surface area contributed by atoms with Gasteiger partial charge in [0.1, 0.15) is 0 Å². The van der Waals surface area contributed by atoms with Crippen LogP contribution in [0.2, 0.25) is 0 Å². The van der Waals surface area contributed by atoms with Crippen LogP contribution in [-0.2, 0) is 12.2 Å². The van der Waals surface area contributed by atoms with Gasteiger partial charge < -0.3 is 11.1 Å². The van der Waals surface area contributed by atoms with E-state index in [1.54, 1.807) is 6.20 Å². The average molecular weight is 208 g/mol. The third-order valence-electron chi connectivity index (χ3n) is 2.02. The summed E-state index contributed by atoms with van der Waals surface area (Å²) in [5.74, 6) is 0.756. The summed E-state index contributed by atoms with van der Waals surface area (Å²) in [5.41, 5.74) is 9.06. The molecule has 14 heavy (non-hydrogen) atoms. The van der Waals surface area contributed by atoms with E-state index in [9.17, 15) is 0 Å². The Morgan fingerprint density at radius 1 is 1.50 bits per heavy atom. The molecule has 0 aromatic heterocycles. The van der Waals surface area contributed by atoms with Gasteiger partial charge in [0.25, 0.3) is 0 Å². The number of anilines is 1. The van der Waals surface area contributed by atoms with Gasteiger partial charge in [0.05, 0.1) is 0 Å². The molecule has 1 rings (SSSR count). The predicted molar refractivity (Wildman–Crippen MR) is 65.7 cm³/mol. The molecule has 0 bridgehead atoms. The van der Waals surface area contributed by atoms with Crippen molar-refractivity contribution in [2.45, 2.75) is 12.2 Å². The maximum absolute atomic E-state index is 5.54. The fraction of sp³-hybridized carbons (Fsp3) is 0.273. The zero-order valence-corrected chi connectivity index (χ0v) is 9.06. The van der Waals surface area contributed by atoms with E-state index in [1.807, 2.05) is 6.07 Å². The number of rotatable bonds is 5. The lowest BCUT2D eigenvalue weighted by Gasteiger charge is -2.09. The van der Waals surface area contributed by atoms with Gasteiger partial charge in [-0.2, -0.15) is 12.6 Å². The van der Waals surface area contributed by atoms with Gasteiger partial charge in [0.15, 0.2) is 0 Å². The standard InChI is InChI=1S/C11H16N2S/c1-2-13-11-4-3-9(8-14)7-10(11)5-6-12/h2-4,7,13-14H,1,5-6,8,12H2. The quantitative estimate of drug-likeness (QED) is 0.649. The van der Waals surface area contributed by atoms with Gasteiger partial charge in [-0.3, -0.25) is 0 Å². The summed E-state index contributed by atoms with van der Waals surface area (Å²) in [6.45, 7) is 4.30. The number of benzene rings is 1. The highest BCUT2D eigenvalue weighted by Crippen LogP contribution is 2.19. The average Bonchev–Trinajstić information content (AvgIpc) is 2.21. The van der Waals surface area contributed by atoms with Crippen LogP contribution in [0.15, 0.2) is 31.0 Å². The Kier molecular flexibility index (Phi) is 4.56. The first kappa shape index (κ1) is 11.1. The highest BCUT2D eigenvalue weighted by atomic mass is 32.1. The van der Waals surface area contributed by atoms with Gasteiger partial charge in [0, 0.05) is 11.4 Å². The van der Waals surface area contributed by atoms with E-state index in [2.05, 4.69) is 36.7 Å². The van der Waals surface area contributed by atoms with E-state index < -0.39 is 0 Å². The van der Waals surface area contributed by atoms with E-state index in [0.717, 1.165) is 17.9 Å². The fourth-order valence-corrected chi connectivity index (χ4v) is 1.56. The molecule has 1 aromatic carbocycles. The van der Waals surface area contributed by atoms with Gasteiger partial charge in [-0.1, -0.05) is 18.7 Å². The molecule has 0 heterocycles. The topological polar surface area (TPSA) is 38.0 Å². The fourth-order valence-electron chi connectivity index (χ4n) is 1.36. The molecule has 0 aliphatic rings. The van der Waals surface area contributed by atoms with Gasteiger partial charge in [-0.05, 0) is 36.4 Å². The van der Waals surface area contributed by atoms with Crippen LogP contribution in [0.25, 0.3) is 0 Å². The molecule has 76 valence electrons. The van der Waals surface area contributed by atoms with Crippen molar-refractivity contribution in [2.24, 2.45) is 5.73 Å². The molecule has 0 saturated heterocycles. The summed E-state index contributed by atoms with van der Waals surface area (Å²) in [6.07, 6.45) is 2.55. The third-order valence-corrected chi connectivity index (χ3v) is 2.39. The van der Waals surface area contributed by atoms with Crippen molar-refractivity contribution in [3.63, 3.8) is 0 Å². The second-order valence-electron chi connectivity index (χ2n) is 3.04. The molecule has 3 N–H and O–H groups in total. The van der Waals surface area contributed by atoms with Gasteiger partial charge >= 0.3 is 0 Å². The highest BCUT2D eigenvalue weighted by Gasteiger charge is 2.01. The van der Waals surface area contributed by atoms with Gasteiger partial charge in [-0.25, -0.2) is 0 Å². The Morgan fingerprint density at radius 3 is 2.86 bits per heavy atom. The maximum Gasteiger partial charge on any atom is 0.0412 e. The van der Waals surface area contributed by atoms with E-state index in [4.69, 9.17) is 5.73 Å². The molecular weight excluding hydrogens is 192 g/mol. The van der Waals surface area contributed by atoms with Crippen LogP contribution in [0.5, 0.6) is 0 Å². The summed E-state index contributed by atoms with van der Waals surface area (Å²) in [4.78, 5) is 0. The van der Waals surface area contributed by atoms with Crippen molar-refractivity contribution >= 4 is 18.3 Å². The highest BCUT2D eigenvalue weighted by molar-refractivity contribution is 7.79. The van der Waals surface area contributed by atoms with Crippen LogP contribution >= 0.6 is 12.6 Å². The minimum absolute atomic E-state index is 0.655. The Balaban J connectivity index is 2.96. The van der Waals surface area contributed by atoms with Crippen LogP contribution < -0.4 is 11.1 Å². The summed E-state index contributed by atoms with van der Waals surface area (Å²) in [6, 6.07) is 6.22. The lowest BCUT2D eigenvalue weighted by atomic mass is 10.1. The number of nitrogens with two attached hydrogens (primary N) is 1. The van der Waals surface area contributed by atoms with Crippen molar-refractivity contribution in [3.8, 4) is 0 Å². The molecule has 1 aromatic rings. The molecule has 2 nitrogen and oxygen atoms in total. The molecule has 3 heteroatoms. The van der Waals surface area contributed by atoms with E-state index in [0.29, 0.717) is 6.54 Å². The van der Waals surface area contributed by atoms with Crippen molar-refractivity contribution in [2.75, 3.05) is 11.9 Å². The van der Waals surface area contributed by atoms with Crippen LogP contribution in [-0.4, -0.2) is 6.54 Å². The second kappa shape index (κ2) is 5.73. The Bertz CT molecular complexity index is 310. The smallest absolute Gasteiger partial charge is 0.0412 e. The minimum Gasteiger partial charge on any atom is -0.362 e. The molecule has 0 radical (unpaired) electrons. The van der Waals surface area contributed by atoms with Crippen molar-refractivity contribution in [1.82, 2.24) is 0 Å². The predicted octanol–water partition coefficient (Wildman–Crippen LogP) is 2.17. The van der Waals surface area contributed by atoms with Crippen molar-refractivity contribution in [1.29, 1.82) is 0 Å². The number of nitrogens with one attached hydrogen (secondary N) is 1. The summed E-state index contributed by atoms with van der Waals surface area (Å²) in [5, 5.41) is 3.10. The Morgan fingerprint density at radius 2 is 2.29 bits per heavy atom. The van der Waals surface area contributed by atoms with Crippen molar-refractivity contribution < 1.29 is 0 Å². The molecule has 0 spiro atoms. The summed E-state index contributed by atoms with van der Waals surface area (Å²) >= 11 is 4.24. The first-order valence-electron chi connectivity index (χ1n) is 4.62. The molecule has 0 fully saturated rings. The maximum atomic E-state index is 5.54. The Hall–Kier alpha value is -0.930. The van der Waals surface area contributed by atoms with E-state index in [1.165, 1.54) is 11.1 Å². The summed E-state index contributed by atoms with van der Waals surface area (Å²) < 4.78 is 0. The molecule has 0 saturated carbocycles. The zero-order valence-electron chi connectivity index (χ0n) is 8.16. The SMILES string of the molecule is C=CNc1ccc(CS)cc1CCN. The molecule has 0 atom stereocenters. The second-order valence-corrected chi connectivity index (χ2v) is 3.35. The first-order valence-corrected chi connectivity index (χ1v) is 5.25. The number of thiol groups is 1. The van der Waals surface area contributed by atoms with Crippen LogP contribution in [0.4, 0.5) is 5.69 Å². The molecule has 0 aliphatic heterocycles. The van der Waals surface area contributed by atoms with Gasteiger partial charge in [0.2, 0.25) is 0 Å². The molecule has 0 amide bonds. The van der Waals surface area contributed by atoms with Crippen LogP contribution in [0.3, 0.4) is 0 Å². The zero-order chi connectivity index (χ0) is 10.4.